The van der Waals surface area contributed by atoms with Crippen molar-refractivity contribution in [3.63, 3.8) is 0 Å². The maximum Gasteiger partial charge on any atom is 0.128 e. The first-order chi connectivity index (χ1) is 9.20. The van der Waals surface area contributed by atoms with Crippen LogP contribution >= 0.6 is 11.6 Å². The molecule has 0 bridgehead atoms. The number of imidazole rings is 1. The van der Waals surface area contributed by atoms with E-state index in [4.69, 9.17) is 16.3 Å². The predicted molar refractivity (Wildman–Crippen MR) is 76.4 cm³/mol. The Kier molecular flexibility index (Phi) is 4.82. The summed E-state index contributed by atoms with van der Waals surface area (Å²) >= 11 is 5.94. The summed E-state index contributed by atoms with van der Waals surface area (Å²) in [6.45, 7) is 4.12. The van der Waals surface area contributed by atoms with Gasteiger partial charge in [-0.15, -0.1) is 0 Å². The van der Waals surface area contributed by atoms with Gasteiger partial charge in [0.05, 0.1) is 19.3 Å². The third-order valence-corrected chi connectivity index (χ3v) is 3.20. The molecule has 5 heteroatoms. The molecule has 19 heavy (non-hydrogen) atoms. The molecule has 1 aromatic carbocycles. The monoisotopic (exact) mass is 279 g/mol. The van der Waals surface area contributed by atoms with E-state index in [1.807, 2.05) is 36.7 Å². The van der Waals surface area contributed by atoms with Gasteiger partial charge in [0.1, 0.15) is 16.7 Å². The van der Waals surface area contributed by atoms with Crippen molar-refractivity contribution in [2.75, 3.05) is 6.61 Å². The highest BCUT2D eigenvalue weighted by molar-refractivity contribution is 6.29. The van der Waals surface area contributed by atoms with Crippen molar-refractivity contribution in [3.8, 4) is 5.75 Å². The molecule has 4 nitrogen and oxygen atoms in total. The van der Waals surface area contributed by atoms with Gasteiger partial charge < -0.3 is 14.6 Å². The van der Waals surface area contributed by atoms with Gasteiger partial charge in [-0.1, -0.05) is 23.7 Å². The molecule has 1 heterocycles. The van der Waals surface area contributed by atoms with E-state index in [9.17, 15) is 0 Å². The Bertz CT molecular complexity index is 539. The maximum absolute atomic E-state index is 5.94. The second-order valence-electron chi connectivity index (χ2n) is 4.24. The van der Waals surface area contributed by atoms with Crippen LogP contribution in [-0.4, -0.2) is 16.2 Å². The van der Waals surface area contributed by atoms with Gasteiger partial charge in [-0.25, -0.2) is 4.98 Å². The molecular formula is C14H18ClN3O. The van der Waals surface area contributed by atoms with Gasteiger partial charge in [0.25, 0.3) is 0 Å². The van der Waals surface area contributed by atoms with Crippen molar-refractivity contribution in [1.82, 2.24) is 14.9 Å². The predicted octanol–water partition coefficient (Wildman–Crippen LogP) is 2.76. The molecule has 1 N–H and O–H groups in total. The fourth-order valence-electron chi connectivity index (χ4n) is 1.82. The number of rotatable bonds is 6. The van der Waals surface area contributed by atoms with E-state index in [0.717, 1.165) is 18.1 Å². The third kappa shape index (κ3) is 3.72. The molecular weight excluding hydrogens is 262 g/mol. The summed E-state index contributed by atoms with van der Waals surface area (Å²) in [6.07, 6.45) is 1.66. The van der Waals surface area contributed by atoms with Crippen LogP contribution < -0.4 is 10.1 Å². The second-order valence-corrected chi connectivity index (χ2v) is 4.63. The van der Waals surface area contributed by atoms with Crippen molar-refractivity contribution < 1.29 is 4.74 Å². The van der Waals surface area contributed by atoms with Crippen molar-refractivity contribution in [3.05, 3.63) is 47.0 Å². The summed E-state index contributed by atoms with van der Waals surface area (Å²) in [6, 6.07) is 8.08. The van der Waals surface area contributed by atoms with E-state index < -0.39 is 0 Å². The standard InChI is InChI=1S/C14H18ClN3O/c1-3-19-12-6-4-5-11(7-12)8-16-10-14-17-9-13(15)18(14)2/h4-7,9,16H,3,8,10H2,1-2H3. The zero-order valence-corrected chi connectivity index (χ0v) is 11.9. The average molecular weight is 280 g/mol. The molecule has 0 spiro atoms. The molecule has 1 aromatic heterocycles. The number of nitrogens with one attached hydrogen (secondary N) is 1. The van der Waals surface area contributed by atoms with Gasteiger partial charge in [-0.2, -0.15) is 0 Å². The molecule has 0 atom stereocenters. The van der Waals surface area contributed by atoms with E-state index in [0.29, 0.717) is 18.3 Å². The Morgan fingerprint density at radius 3 is 2.89 bits per heavy atom. The number of hydrogen-bond acceptors (Lipinski definition) is 3. The van der Waals surface area contributed by atoms with Gasteiger partial charge in [-0.3, -0.25) is 0 Å². The summed E-state index contributed by atoms with van der Waals surface area (Å²) in [5, 5.41) is 3.99. The highest BCUT2D eigenvalue weighted by Crippen LogP contribution is 2.13. The van der Waals surface area contributed by atoms with Gasteiger partial charge >= 0.3 is 0 Å². The first kappa shape index (κ1) is 13.9. The van der Waals surface area contributed by atoms with Crippen LogP contribution in [0, 0.1) is 0 Å². The van der Waals surface area contributed by atoms with Crippen LogP contribution in [-0.2, 0) is 20.1 Å². The Morgan fingerprint density at radius 1 is 1.37 bits per heavy atom. The number of benzene rings is 1. The molecule has 0 saturated heterocycles. The molecule has 0 amide bonds. The smallest absolute Gasteiger partial charge is 0.128 e. The number of halogens is 1. The molecule has 2 rings (SSSR count). The lowest BCUT2D eigenvalue weighted by Gasteiger charge is -2.08. The number of nitrogens with zero attached hydrogens (tertiary/aromatic N) is 2. The van der Waals surface area contributed by atoms with E-state index in [1.54, 1.807) is 6.20 Å². The summed E-state index contributed by atoms with van der Waals surface area (Å²) in [5.74, 6) is 1.83. The zero-order chi connectivity index (χ0) is 13.7. The largest absolute Gasteiger partial charge is 0.494 e. The SMILES string of the molecule is CCOc1cccc(CNCc2ncc(Cl)n2C)c1. The maximum atomic E-state index is 5.94. The first-order valence-corrected chi connectivity index (χ1v) is 6.67. The molecule has 0 aliphatic heterocycles. The quantitative estimate of drug-likeness (QED) is 0.884. The van der Waals surface area contributed by atoms with E-state index in [1.165, 1.54) is 5.56 Å². The summed E-state index contributed by atoms with van der Waals surface area (Å²) in [7, 11) is 1.90. The van der Waals surface area contributed by atoms with Crippen LogP contribution in [0.2, 0.25) is 5.15 Å². The van der Waals surface area contributed by atoms with Gasteiger partial charge in [-0.05, 0) is 24.6 Å². The van der Waals surface area contributed by atoms with E-state index in [2.05, 4.69) is 16.4 Å². The van der Waals surface area contributed by atoms with Gasteiger partial charge in [0, 0.05) is 13.6 Å². The van der Waals surface area contributed by atoms with Gasteiger partial charge in [0.2, 0.25) is 0 Å². The van der Waals surface area contributed by atoms with Crippen LogP contribution in [0.25, 0.3) is 0 Å². The molecule has 0 fully saturated rings. The average Bonchev–Trinajstić information content (AvgIpc) is 2.72. The lowest BCUT2D eigenvalue weighted by Crippen LogP contribution is -2.15. The molecule has 0 radical (unpaired) electrons. The molecule has 0 aliphatic carbocycles. The first-order valence-electron chi connectivity index (χ1n) is 6.29. The zero-order valence-electron chi connectivity index (χ0n) is 11.2. The fourth-order valence-corrected chi connectivity index (χ4v) is 1.97. The van der Waals surface area contributed by atoms with Crippen molar-refractivity contribution in [1.29, 1.82) is 0 Å². The summed E-state index contributed by atoms with van der Waals surface area (Å²) in [4.78, 5) is 4.24. The number of hydrogen-bond donors (Lipinski definition) is 1. The minimum absolute atomic E-state index is 0.648. The normalized spacial score (nSPS) is 10.7. The minimum Gasteiger partial charge on any atom is -0.494 e. The molecule has 2 aromatic rings. The molecule has 0 saturated carbocycles. The van der Waals surface area contributed by atoms with Crippen molar-refractivity contribution >= 4 is 11.6 Å². The van der Waals surface area contributed by atoms with Crippen LogP contribution in [0.5, 0.6) is 5.75 Å². The Balaban J connectivity index is 1.88. The number of aromatic nitrogens is 2. The van der Waals surface area contributed by atoms with Crippen molar-refractivity contribution in [2.24, 2.45) is 7.05 Å². The Morgan fingerprint density at radius 2 is 2.21 bits per heavy atom. The second kappa shape index (κ2) is 6.59. The van der Waals surface area contributed by atoms with Crippen LogP contribution in [0.1, 0.15) is 18.3 Å². The minimum atomic E-state index is 0.648. The van der Waals surface area contributed by atoms with Crippen LogP contribution in [0.3, 0.4) is 0 Å². The lowest BCUT2D eigenvalue weighted by molar-refractivity contribution is 0.340. The van der Waals surface area contributed by atoms with E-state index >= 15 is 0 Å². The number of ether oxygens (including phenoxy) is 1. The van der Waals surface area contributed by atoms with Crippen molar-refractivity contribution in [2.45, 2.75) is 20.0 Å². The Labute approximate surface area is 118 Å². The molecule has 0 aliphatic rings. The topological polar surface area (TPSA) is 39.1 Å². The fraction of sp³-hybridized carbons (Fsp3) is 0.357. The van der Waals surface area contributed by atoms with Crippen LogP contribution in [0.15, 0.2) is 30.5 Å². The highest BCUT2D eigenvalue weighted by Gasteiger charge is 2.03. The molecule has 102 valence electrons. The summed E-state index contributed by atoms with van der Waals surface area (Å²) < 4.78 is 7.34. The van der Waals surface area contributed by atoms with Crippen LogP contribution in [0.4, 0.5) is 0 Å². The summed E-state index contributed by atoms with van der Waals surface area (Å²) in [5.41, 5.74) is 1.19. The highest BCUT2D eigenvalue weighted by atomic mass is 35.5. The molecule has 0 unspecified atom stereocenters. The lowest BCUT2D eigenvalue weighted by atomic mass is 10.2. The third-order valence-electron chi connectivity index (χ3n) is 2.85. The van der Waals surface area contributed by atoms with Gasteiger partial charge in [0.15, 0.2) is 0 Å². The van der Waals surface area contributed by atoms with E-state index in [-0.39, 0.29) is 0 Å². The Hall–Kier alpha value is -1.52.